The number of nitrogens with two attached hydrogens (primary N) is 1. The molecule has 0 aromatic heterocycles. The zero-order chi connectivity index (χ0) is 14.3. The van der Waals surface area contributed by atoms with Crippen molar-refractivity contribution in [2.24, 2.45) is 5.73 Å². The van der Waals surface area contributed by atoms with Crippen molar-refractivity contribution in [1.82, 2.24) is 0 Å². The van der Waals surface area contributed by atoms with Crippen LogP contribution >= 0.6 is 15.9 Å². The molecule has 0 bridgehead atoms. The summed E-state index contributed by atoms with van der Waals surface area (Å²) >= 11 is 3.43. The second-order valence-electron chi connectivity index (χ2n) is 4.75. The third kappa shape index (κ3) is 2.18. The molecule has 0 radical (unpaired) electrons. The average Bonchev–Trinajstić information content (AvgIpc) is 2.81. The fourth-order valence-corrected chi connectivity index (χ4v) is 2.91. The highest BCUT2D eigenvalue weighted by atomic mass is 79.9. The number of nitrogens with one attached hydrogen (secondary N) is 1. The monoisotopic (exact) mass is 333 g/mol. The minimum atomic E-state index is -0.255. The molecular weight excluding hydrogens is 321 g/mol. The molecule has 0 atom stereocenters. The second kappa shape index (κ2) is 4.90. The van der Waals surface area contributed by atoms with Gasteiger partial charge in [-0.2, -0.15) is 0 Å². The van der Waals surface area contributed by atoms with Crippen molar-refractivity contribution in [3.05, 3.63) is 57.8 Å². The van der Waals surface area contributed by atoms with E-state index in [0.717, 1.165) is 34.4 Å². The second-order valence-corrected chi connectivity index (χ2v) is 5.67. The molecule has 1 heterocycles. The summed E-state index contributed by atoms with van der Waals surface area (Å²) in [4.78, 5) is 2.01. The summed E-state index contributed by atoms with van der Waals surface area (Å²) in [7, 11) is 0. The average molecular weight is 334 g/mol. The van der Waals surface area contributed by atoms with Crippen molar-refractivity contribution in [3.8, 4) is 0 Å². The summed E-state index contributed by atoms with van der Waals surface area (Å²) < 4.78 is 14.4. The summed E-state index contributed by atoms with van der Waals surface area (Å²) in [6.07, 6.45) is 0.861. The van der Waals surface area contributed by atoms with Gasteiger partial charge in [-0.3, -0.25) is 5.41 Å². The summed E-state index contributed by atoms with van der Waals surface area (Å²) in [6, 6.07) is 10.4. The third-order valence-electron chi connectivity index (χ3n) is 3.48. The van der Waals surface area contributed by atoms with Crippen LogP contribution in [-0.2, 0) is 6.42 Å². The number of anilines is 2. The van der Waals surface area contributed by atoms with Gasteiger partial charge in [0.2, 0.25) is 0 Å². The SMILES string of the molecule is N=C(N)c1ccc(Br)cc1N1CCc2ccc(F)cc21. The van der Waals surface area contributed by atoms with E-state index < -0.39 is 0 Å². The first-order valence-corrected chi connectivity index (χ1v) is 7.05. The Labute approximate surface area is 124 Å². The Kier molecular flexibility index (Phi) is 3.22. The van der Waals surface area contributed by atoms with Crippen LogP contribution in [0.2, 0.25) is 0 Å². The van der Waals surface area contributed by atoms with E-state index in [2.05, 4.69) is 15.9 Å². The minimum absolute atomic E-state index is 0.0114. The molecule has 3 nitrogen and oxygen atoms in total. The molecule has 0 amide bonds. The number of hydrogen-bond donors (Lipinski definition) is 2. The molecule has 1 aliphatic rings. The first-order valence-electron chi connectivity index (χ1n) is 6.26. The maximum absolute atomic E-state index is 13.5. The van der Waals surface area contributed by atoms with E-state index in [1.165, 1.54) is 12.1 Å². The van der Waals surface area contributed by atoms with Gasteiger partial charge in [0.15, 0.2) is 0 Å². The standard InChI is InChI=1S/C15H13BrFN3/c16-10-2-4-12(15(18)19)14(7-10)20-6-5-9-1-3-11(17)8-13(9)20/h1-4,7-8H,5-6H2,(H3,18,19). The molecular formula is C15H13BrFN3. The zero-order valence-corrected chi connectivity index (χ0v) is 12.2. The van der Waals surface area contributed by atoms with Gasteiger partial charge < -0.3 is 10.6 Å². The van der Waals surface area contributed by atoms with Crippen LogP contribution in [0.3, 0.4) is 0 Å². The van der Waals surface area contributed by atoms with E-state index in [1.54, 1.807) is 6.07 Å². The molecule has 5 heteroatoms. The summed E-state index contributed by atoms with van der Waals surface area (Å²) in [5.74, 6) is -0.243. The van der Waals surface area contributed by atoms with Crippen molar-refractivity contribution >= 4 is 33.1 Å². The van der Waals surface area contributed by atoms with Crippen LogP contribution in [-0.4, -0.2) is 12.4 Å². The van der Waals surface area contributed by atoms with Gasteiger partial charge in [0, 0.05) is 22.3 Å². The number of nitrogen functional groups attached to an aromatic ring is 1. The molecule has 0 fully saturated rings. The number of fused-ring (bicyclic) bond motifs is 1. The fourth-order valence-electron chi connectivity index (χ4n) is 2.56. The first kappa shape index (κ1) is 13.1. The lowest BCUT2D eigenvalue weighted by atomic mass is 10.1. The molecule has 102 valence electrons. The van der Waals surface area contributed by atoms with Gasteiger partial charge in [-0.1, -0.05) is 22.0 Å². The largest absolute Gasteiger partial charge is 0.384 e. The normalized spacial score (nSPS) is 13.4. The van der Waals surface area contributed by atoms with Crippen LogP contribution < -0.4 is 10.6 Å². The Morgan fingerprint density at radius 3 is 2.75 bits per heavy atom. The van der Waals surface area contributed by atoms with Crippen LogP contribution in [0, 0.1) is 11.2 Å². The van der Waals surface area contributed by atoms with E-state index in [9.17, 15) is 4.39 Å². The number of hydrogen-bond acceptors (Lipinski definition) is 2. The van der Waals surface area contributed by atoms with Crippen molar-refractivity contribution in [2.75, 3.05) is 11.4 Å². The smallest absolute Gasteiger partial charge is 0.125 e. The lowest BCUT2D eigenvalue weighted by Crippen LogP contribution is -2.20. The topological polar surface area (TPSA) is 53.1 Å². The van der Waals surface area contributed by atoms with Gasteiger partial charge >= 0.3 is 0 Å². The fraction of sp³-hybridized carbons (Fsp3) is 0.133. The molecule has 0 saturated heterocycles. The van der Waals surface area contributed by atoms with Gasteiger partial charge in [0.05, 0.1) is 5.69 Å². The number of rotatable bonds is 2. The summed E-state index contributed by atoms with van der Waals surface area (Å²) in [5.41, 5.74) is 9.10. The molecule has 2 aromatic carbocycles. The molecule has 0 saturated carbocycles. The van der Waals surface area contributed by atoms with E-state index in [-0.39, 0.29) is 11.7 Å². The van der Waals surface area contributed by atoms with Crippen molar-refractivity contribution in [1.29, 1.82) is 5.41 Å². The molecule has 1 aliphatic heterocycles. The van der Waals surface area contributed by atoms with Crippen molar-refractivity contribution < 1.29 is 4.39 Å². The van der Waals surface area contributed by atoms with E-state index in [1.807, 2.05) is 23.1 Å². The molecule has 0 aliphatic carbocycles. The maximum Gasteiger partial charge on any atom is 0.125 e. The van der Waals surface area contributed by atoms with Crippen molar-refractivity contribution in [2.45, 2.75) is 6.42 Å². The van der Waals surface area contributed by atoms with Crippen LogP contribution in [0.25, 0.3) is 0 Å². The predicted octanol–water partition coefficient (Wildman–Crippen LogP) is 3.57. The molecule has 3 rings (SSSR count). The van der Waals surface area contributed by atoms with E-state index in [0.29, 0.717) is 5.56 Å². The Morgan fingerprint density at radius 2 is 2.00 bits per heavy atom. The Morgan fingerprint density at radius 1 is 1.20 bits per heavy atom. The first-order chi connectivity index (χ1) is 9.56. The zero-order valence-electron chi connectivity index (χ0n) is 10.7. The molecule has 2 aromatic rings. The highest BCUT2D eigenvalue weighted by molar-refractivity contribution is 9.10. The lowest BCUT2D eigenvalue weighted by Gasteiger charge is -2.22. The van der Waals surface area contributed by atoms with Gasteiger partial charge in [-0.25, -0.2) is 4.39 Å². The maximum atomic E-state index is 13.5. The van der Waals surface area contributed by atoms with Gasteiger partial charge in [-0.15, -0.1) is 0 Å². The van der Waals surface area contributed by atoms with Gasteiger partial charge in [-0.05, 0) is 42.3 Å². The third-order valence-corrected chi connectivity index (χ3v) is 3.98. The van der Waals surface area contributed by atoms with Crippen LogP contribution in [0.5, 0.6) is 0 Å². The van der Waals surface area contributed by atoms with Crippen LogP contribution in [0.1, 0.15) is 11.1 Å². The minimum Gasteiger partial charge on any atom is -0.384 e. The highest BCUT2D eigenvalue weighted by Crippen LogP contribution is 2.37. The quantitative estimate of drug-likeness (QED) is 0.652. The molecule has 0 unspecified atom stereocenters. The number of nitrogens with zero attached hydrogens (tertiary/aromatic N) is 1. The number of amidine groups is 1. The predicted molar refractivity (Wildman–Crippen MR) is 82.3 cm³/mol. The van der Waals surface area contributed by atoms with Gasteiger partial charge in [0.25, 0.3) is 0 Å². The van der Waals surface area contributed by atoms with Gasteiger partial charge in [0.1, 0.15) is 11.7 Å². The highest BCUT2D eigenvalue weighted by Gasteiger charge is 2.23. The Bertz CT molecular complexity index is 700. The molecule has 20 heavy (non-hydrogen) atoms. The molecule has 3 N–H and O–H groups in total. The summed E-state index contributed by atoms with van der Waals surface area (Å²) in [5, 5.41) is 7.70. The van der Waals surface area contributed by atoms with Crippen LogP contribution in [0.4, 0.5) is 15.8 Å². The Hall–Kier alpha value is -1.88. The lowest BCUT2D eigenvalue weighted by molar-refractivity contribution is 0.628. The van der Waals surface area contributed by atoms with Crippen LogP contribution in [0.15, 0.2) is 40.9 Å². The Balaban J connectivity index is 2.14. The van der Waals surface area contributed by atoms with E-state index in [4.69, 9.17) is 11.1 Å². The number of benzene rings is 2. The van der Waals surface area contributed by atoms with E-state index >= 15 is 0 Å². The van der Waals surface area contributed by atoms with Crippen molar-refractivity contribution in [3.63, 3.8) is 0 Å². The molecule has 0 spiro atoms. The number of halogens is 2. The summed E-state index contributed by atoms with van der Waals surface area (Å²) in [6.45, 7) is 0.759.